The van der Waals surface area contributed by atoms with Gasteiger partial charge in [0.2, 0.25) is 5.91 Å². The van der Waals surface area contributed by atoms with Gasteiger partial charge in [-0.05, 0) is 37.5 Å². The molecule has 20 heavy (non-hydrogen) atoms. The predicted octanol–water partition coefficient (Wildman–Crippen LogP) is 2.48. The van der Waals surface area contributed by atoms with E-state index in [1.807, 2.05) is 0 Å². The van der Waals surface area contributed by atoms with Crippen LogP contribution in [0, 0.1) is 11.6 Å². The smallest absolute Gasteiger partial charge is 0.220 e. The van der Waals surface area contributed by atoms with Gasteiger partial charge in [-0.3, -0.25) is 4.79 Å². The molecule has 3 nitrogen and oxygen atoms in total. The fourth-order valence-electron chi connectivity index (χ4n) is 1.94. The number of nitrogens with one attached hydrogen (secondary N) is 1. The SMILES string of the molecule is O=C(CCSc1ccc(F)c(F)c1)NCC1(O)CCC1. The summed E-state index contributed by atoms with van der Waals surface area (Å²) in [6, 6.07) is 3.68. The van der Waals surface area contributed by atoms with Crippen molar-refractivity contribution in [3.05, 3.63) is 29.8 Å². The van der Waals surface area contributed by atoms with E-state index in [9.17, 15) is 18.7 Å². The summed E-state index contributed by atoms with van der Waals surface area (Å²) in [6.45, 7) is 0.293. The van der Waals surface area contributed by atoms with Crippen molar-refractivity contribution in [3.8, 4) is 0 Å². The third-order valence-electron chi connectivity index (χ3n) is 3.39. The molecule has 1 aromatic carbocycles. The quantitative estimate of drug-likeness (QED) is 0.794. The van der Waals surface area contributed by atoms with Crippen molar-refractivity contribution in [3.63, 3.8) is 0 Å². The number of hydrogen-bond acceptors (Lipinski definition) is 3. The van der Waals surface area contributed by atoms with Gasteiger partial charge < -0.3 is 10.4 Å². The van der Waals surface area contributed by atoms with Gasteiger partial charge in [0.25, 0.3) is 0 Å². The van der Waals surface area contributed by atoms with E-state index >= 15 is 0 Å². The molecule has 110 valence electrons. The highest BCUT2D eigenvalue weighted by molar-refractivity contribution is 7.99. The Labute approximate surface area is 120 Å². The Kier molecular flexibility index (Phi) is 4.99. The first kappa shape index (κ1) is 15.3. The van der Waals surface area contributed by atoms with Crippen LogP contribution in [0.1, 0.15) is 25.7 Å². The highest BCUT2D eigenvalue weighted by Crippen LogP contribution is 2.30. The van der Waals surface area contributed by atoms with Crippen molar-refractivity contribution in [1.29, 1.82) is 0 Å². The van der Waals surface area contributed by atoms with Crippen LogP contribution in [0.5, 0.6) is 0 Å². The molecular formula is C14H17F2NO2S. The van der Waals surface area contributed by atoms with Gasteiger partial charge >= 0.3 is 0 Å². The number of amides is 1. The lowest BCUT2D eigenvalue weighted by molar-refractivity contribution is -0.123. The van der Waals surface area contributed by atoms with Crippen molar-refractivity contribution in [2.75, 3.05) is 12.3 Å². The van der Waals surface area contributed by atoms with Crippen LogP contribution >= 0.6 is 11.8 Å². The number of carbonyl (C=O) groups excluding carboxylic acids is 1. The maximum absolute atomic E-state index is 13.0. The third kappa shape index (κ3) is 4.18. The van der Waals surface area contributed by atoms with Crippen molar-refractivity contribution in [1.82, 2.24) is 5.32 Å². The first-order valence-corrected chi connectivity index (χ1v) is 7.54. The van der Waals surface area contributed by atoms with E-state index in [2.05, 4.69) is 5.32 Å². The second kappa shape index (κ2) is 6.54. The van der Waals surface area contributed by atoms with Gasteiger partial charge in [0.05, 0.1) is 5.60 Å². The summed E-state index contributed by atoms with van der Waals surface area (Å²) in [5, 5.41) is 12.5. The van der Waals surface area contributed by atoms with Crippen molar-refractivity contribution >= 4 is 17.7 Å². The van der Waals surface area contributed by atoms with Gasteiger partial charge in [-0.15, -0.1) is 11.8 Å². The molecule has 0 saturated heterocycles. The zero-order valence-corrected chi connectivity index (χ0v) is 11.8. The summed E-state index contributed by atoms with van der Waals surface area (Å²) < 4.78 is 25.7. The van der Waals surface area contributed by atoms with Crippen LogP contribution in [0.15, 0.2) is 23.1 Å². The number of carbonyl (C=O) groups is 1. The van der Waals surface area contributed by atoms with Gasteiger partial charge in [-0.25, -0.2) is 8.78 Å². The predicted molar refractivity (Wildman–Crippen MR) is 73.5 cm³/mol. The molecule has 1 aliphatic rings. The van der Waals surface area contributed by atoms with Gasteiger partial charge in [0.1, 0.15) is 0 Å². The number of benzene rings is 1. The minimum atomic E-state index is -0.883. The first-order chi connectivity index (χ1) is 9.48. The molecule has 1 aromatic rings. The van der Waals surface area contributed by atoms with Crippen molar-refractivity contribution in [2.45, 2.75) is 36.2 Å². The van der Waals surface area contributed by atoms with E-state index in [1.165, 1.54) is 17.8 Å². The number of thioether (sulfide) groups is 1. The monoisotopic (exact) mass is 301 g/mol. The minimum Gasteiger partial charge on any atom is -0.388 e. The van der Waals surface area contributed by atoms with Crippen LogP contribution < -0.4 is 5.32 Å². The lowest BCUT2D eigenvalue weighted by Gasteiger charge is -2.36. The topological polar surface area (TPSA) is 49.3 Å². The Morgan fingerprint density at radius 1 is 1.35 bits per heavy atom. The molecule has 2 rings (SSSR count). The zero-order valence-electron chi connectivity index (χ0n) is 11.0. The highest BCUT2D eigenvalue weighted by Gasteiger charge is 2.34. The standard InChI is InChI=1S/C14H17F2NO2S/c15-11-3-2-10(8-12(11)16)20-7-4-13(18)17-9-14(19)5-1-6-14/h2-3,8,19H,1,4-7,9H2,(H,17,18). The van der Waals surface area contributed by atoms with E-state index < -0.39 is 17.2 Å². The molecule has 1 amide bonds. The number of halogens is 2. The van der Waals surface area contributed by atoms with Crippen LogP contribution in [-0.4, -0.2) is 28.9 Å². The third-order valence-corrected chi connectivity index (χ3v) is 4.38. The van der Waals surface area contributed by atoms with Crippen molar-refractivity contribution in [2.24, 2.45) is 0 Å². The van der Waals surface area contributed by atoms with Crippen LogP contribution in [0.25, 0.3) is 0 Å². The molecule has 1 fully saturated rings. The van der Waals surface area contributed by atoms with E-state index in [1.54, 1.807) is 0 Å². The number of hydrogen-bond donors (Lipinski definition) is 2. The molecule has 0 unspecified atom stereocenters. The van der Waals surface area contributed by atoms with Gasteiger partial charge in [-0.1, -0.05) is 0 Å². The van der Waals surface area contributed by atoms with E-state index in [0.29, 0.717) is 17.2 Å². The van der Waals surface area contributed by atoms with Crippen LogP contribution in [-0.2, 0) is 4.79 Å². The second-order valence-electron chi connectivity index (χ2n) is 5.03. The largest absolute Gasteiger partial charge is 0.388 e. The fraction of sp³-hybridized carbons (Fsp3) is 0.500. The molecule has 0 atom stereocenters. The minimum absolute atomic E-state index is 0.139. The Morgan fingerprint density at radius 3 is 2.70 bits per heavy atom. The number of rotatable bonds is 6. The molecule has 0 bridgehead atoms. The lowest BCUT2D eigenvalue weighted by Crippen LogP contribution is -2.47. The van der Waals surface area contributed by atoms with Gasteiger partial charge in [0.15, 0.2) is 11.6 Å². The molecule has 0 aliphatic heterocycles. The Balaban J connectivity index is 1.67. The summed E-state index contributed by atoms with van der Waals surface area (Å²) in [5.74, 6) is -1.41. The average Bonchev–Trinajstić information content (AvgIpc) is 2.38. The summed E-state index contributed by atoms with van der Waals surface area (Å²) >= 11 is 1.29. The maximum atomic E-state index is 13.0. The normalized spacial score (nSPS) is 16.6. The Morgan fingerprint density at radius 2 is 2.10 bits per heavy atom. The molecule has 1 saturated carbocycles. The Hall–Kier alpha value is -1.14. The summed E-state index contributed by atoms with van der Waals surface area (Å²) in [5.41, 5.74) is -0.719. The van der Waals surface area contributed by atoms with Crippen LogP contribution in [0.2, 0.25) is 0 Å². The van der Waals surface area contributed by atoms with Crippen molar-refractivity contribution < 1.29 is 18.7 Å². The van der Waals surface area contributed by atoms with Crippen LogP contribution in [0.4, 0.5) is 8.78 Å². The summed E-state index contributed by atoms with van der Waals surface area (Å²) in [7, 11) is 0. The van der Waals surface area contributed by atoms with E-state index in [-0.39, 0.29) is 12.3 Å². The lowest BCUT2D eigenvalue weighted by atomic mass is 9.80. The Bertz CT molecular complexity index is 492. The molecule has 1 aliphatic carbocycles. The van der Waals surface area contributed by atoms with Gasteiger partial charge in [-0.2, -0.15) is 0 Å². The van der Waals surface area contributed by atoms with Crippen LogP contribution in [0.3, 0.4) is 0 Å². The number of aliphatic hydroxyl groups is 1. The fourth-order valence-corrected chi connectivity index (χ4v) is 2.82. The average molecular weight is 301 g/mol. The molecule has 0 spiro atoms. The molecule has 0 radical (unpaired) electrons. The molecule has 0 aromatic heterocycles. The van der Waals surface area contributed by atoms with Gasteiger partial charge in [0, 0.05) is 23.6 Å². The highest BCUT2D eigenvalue weighted by atomic mass is 32.2. The zero-order chi connectivity index (χ0) is 14.6. The second-order valence-corrected chi connectivity index (χ2v) is 6.20. The molecule has 2 N–H and O–H groups in total. The van der Waals surface area contributed by atoms with E-state index in [0.717, 1.165) is 31.4 Å². The summed E-state index contributed by atoms with van der Waals surface area (Å²) in [4.78, 5) is 12.2. The molecule has 0 heterocycles. The molecule has 6 heteroatoms. The summed E-state index contributed by atoms with van der Waals surface area (Å²) in [6.07, 6.45) is 2.74. The molecular weight excluding hydrogens is 284 g/mol. The maximum Gasteiger partial charge on any atom is 0.220 e. The first-order valence-electron chi connectivity index (χ1n) is 6.55. The van der Waals surface area contributed by atoms with E-state index in [4.69, 9.17) is 0 Å².